The van der Waals surface area contributed by atoms with E-state index < -0.39 is 0 Å². The van der Waals surface area contributed by atoms with E-state index in [0.717, 1.165) is 13.6 Å². The number of nitrogens with zero attached hydrogens (tertiary/aromatic N) is 2. The Bertz CT molecular complexity index is 500. The third-order valence-electron chi connectivity index (χ3n) is 1.72. The van der Waals surface area contributed by atoms with Crippen LogP contribution in [-0.4, -0.2) is 16.5 Å². The van der Waals surface area contributed by atoms with E-state index in [4.69, 9.17) is 17.3 Å². The summed E-state index contributed by atoms with van der Waals surface area (Å²) in [5.41, 5.74) is 6.29. The van der Waals surface area contributed by atoms with Gasteiger partial charge in [0, 0.05) is 10.6 Å². The molecule has 0 aliphatic heterocycles. The molecule has 2 rings (SSSR count). The average molecular weight is 290 g/mol. The largest absolute Gasteiger partial charge is 0.399 e. The van der Waals surface area contributed by atoms with Gasteiger partial charge in [0.25, 0.3) is 0 Å². The molecule has 2 N–H and O–H groups in total. The first-order valence-electron chi connectivity index (χ1n) is 4.29. The standard InChI is InChI=1S/C9H8ClN3S3/c1-14-8-12-13-9(16-8)15-7-3-2-5(11)4-6(7)10/h2-4H,11H2,1H3. The molecule has 1 aromatic carbocycles. The Balaban J connectivity index is 2.20. The lowest BCUT2D eigenvalue weighted by molar-refractivity contribution is 0.956. The third kappa shape index (κ3) is 2.82. The van der Waals surface area contributed by atoms with Gasteiger partial charge in [-0.25, -0.2) is 0 Å². The molecule has 0 saturated heterocycles. The zero-order valence-corrected chi connectivity index (χ0v) is 11.5. The molecule has 0 radical (unpaired) electrons. The van der Waals surface area contributed by atoms with Crippen molar-refractivity contribution >= 4 is 52.1 Å². The van der Waals surface area contributed by atoms with E-state index in [2.05, 4.69) is 10.2 Å². The number of aromatic nitrogens is 2. The van der Waals surface area contributed by atoms with E-state index in [1.807, 2.05) is 18.4 Å². The van der Waals surface area contributed by atoms with Crippen LogP contribution in [0.4, 0.5) is 5.69 Å². The molecule has 0 spiro atoms. The smallest absolute Gasteiger partial charge is 0.179 e. The van der Waals surface area contributed by atoms with Crippen LogP contribution >= 0.6 is 46.5 Å². The number of benzene rings is 1. The second-order valence-electron chi connectivity index (χ2n) is 2.83. The molecular formula is C9H8ClN3S3. The molecule has 7 heteroatoms. The van der Waals surface area contributed by atoms with Crippen LogP contribution in [0.2, 0.25) is 5.02 Å². The van der Waals surface area contributed by atoms with E-state index in [9.17, 15) is 0 Å². The van der Waals surface area contributed by atoms with Gasteiger partial charge in [0.2, 0.25) is 0 Å². The molecule has 1 heterocycles. The van der Waals surface area contributed by atoms with Gasteiger partial charge in [0.05, 0.1) is 5.02 Å². The highest BCUT2D eigenvalue weighted by atomic mass is 35.5. The summed E-state index contributed by atoms with van der Waals surface area (Å²) >= 11 is 10.7. The molecule has 0 aliphatic rings. The summed E-state index contributed by atoms with van der Waals surface area (Å²) in [5.74, 6) is 0. The van der Waals surface area contributed by atoms with E-state index >= 15 is 0 Å². The van der Waals surface area contributed by atoms with Gasteiger partial charge in [-0.1, -0.05) is 46.5 Å². The Hall–Kier alpha value is -0.430. The summed E-state index contributed by atoms with van der Waals surface area (Å²) in [6, 6.07) is 5.45. The summed E-state index contributed by atoms with van der Waals surface area (Å²) in [5, 5.41) is 8.73. The minimum absolute atomic E-state index is 0.644. The summed E-state index contributed by atoms with van der Waals surface area (Å²) in [6.45, 7) is 0. The van der Waals surface area contributed by atoms with Gasteiger partial charge in [0.1, 0.15) is 0 Å². The SMILES string of the molecule is CSc1nnc(Sc2ccc(N)cc2Cl)s1. The highest BCUT2D eigenvalue weighted by Crippen LogP contribution is 2.36. The predicted octanol–water partition coefficient (Wildman–Crippen LogP) is 3.65. The number of nitrogens with two attached hydrogens (primary N) is 1. The molecule has 16 heavy (non-hydrogen) atoms. The number of halogens is 1. The van der Waals surface area contributed by atoms with Gasteiger partial charge in [0.15, 0.2) is 8.68 Å². The molecule has 0 aliphatic carbocycles. The lowest BCUT2D eigenvalue weighted by Crippen LogP contribution is -1.84. The fraction of sp³-hybridized carbons (Fsp3) is 0.111. The molecule has 1 aromatic heterocycles. The van der Waals surface area contributed by atoms with Crippen molar-refractivity contribution in [3.63, 3.8) is 0 Å². The van der Waals surface area contributed by atoms with Crippen molar-refractivity contribution in [1.29, 1.82) is 0 Å². The van der Waals surface area contributed by atoms with E-state index in [-0.39, 0.29) is 0 Å². The van der Waals surface area contributed by atoms with Crippen molar-refractivity contribution in [2.45, 2.75) is 13.6 Å². The summed E-state index contributed by atoms with van der Waals surface area (Å²) in [6.07, 6.45) is 1.98. The normalized spacial score (nSPS) is 10.6. The number of rotatable bonds is 3. The van der Waals surface area contributed by atoms with Crippen molar-refractivity contribution in [3.05, 3.63) is 23.2 Å². The van der Waals surface area contributed by atoms with Gasteiger partial charge in [-0.3, -0.25) is 0 Å². The van der Waals surface area contributed by atoms with Crippen LogP contribution < -0.4 is 5.73 Å². The Morgan fingerprint density at radius 2 is 2.06 bits per heavy atom. The fourth-order valence-corrected chi connectivity index (χ4v) is 3.72. The monoisotopic (exact) mass is 289 g/mol. The second-order valence-corrected chi connectivity index (χ2v) is 6.56. The molecule has 0 unspecified atom stereocenters. The van der Waals surface area contributed by atoms with Crippen molar-refractivity contribution in [2.24, 2.45) is 0 Å². The van der Waals surface area contributed by atoms with Crippen LogP contribution in [-0.2, 0) is 0 Å². The lowest BCUT2D eigenvalue weighted by atomic mass is 10.3. The Morgan fingerprint density at radius 3 is 2.69 bits per heavy atom. The molecular weight excluding hydrogens is 282 g/mol. The second kappa shape index (κ2) is 5.27. The molecule has 0 atom stereocenters. The summed E-state index contributed by atoms with van der Waals surface area (Å²) < 4.78 is 1.84. The summed E-state index contributed by atoms with van der Waals surface area (Å²) in [7, 11) is 0. The Morgan fingerprint density at radius 1 is 1.31 bits per heavy atom. The number of hydrogen-bond acceptors (Lipinski definition) is 6. The molecule has 2 aromatic rings. The quantitative estimate of drug-likeness (QED) is 0.690. The zero-order valence-electron chi connectivity index (χ0n) is 8.31. The van der Waals surface area contributed by atoms with Crippen molar-refractivity contribution in [1.82, 2.24) is 10.2 Å². The predicted molar refractivity (Wildman–Crippen MR) is 71.7 cm³/mol. The van der Waals surface area contributed by atoms with E-state index in [1.54, 1.807) is 29.2 Å². The molecule has 0 saturated carbocycles. The zero-order chi connectivity index (χ0) is 11.5. The first kappa shape index (κ1) is 12.0. The maximum Gasteiger partial charge on any atom is 0.179 e. The molecule has 0 amide bonds. The van der Waals surface area contributed by atoms with Crippen LogP contribution in [0.5, 0.6) is 0 Å². The number of hydrogen-bond donors (Lipinski definition) is 1. The molecule has 84 valence electrons. The lowest BCUT2D eigenvalue weighted by Gasteiger charge is -2.01. The van der Waals surface area contributed by atoms with Crippen molar-refractivity contribution < 1.29 is 0 Å². The minimum Gasteiger partial charge on any atom is -0.399 e. The topological polar surface area (TPSA) is 51.8 Å². The van der Waals surface area contributed by atoms with E-state index in [1.165, 1.54) is 11.8 Å². The van der Waals surface area contributed by atoms with Crippen molar-refractivity contribution in [3.8, 4) is 0 Å². The summed E-state index contributed by atoms with van der Waals surface area (Å²) in [4.78, 5) is 0.944. The highest BCUT2D eigenvalue weighted by Gasteiger charge is 2.08. The first-order chi connectivity index (χ1) is 7.69. The Kier molecular flexibility index (Phi) is 3.96. The highest BCUT2D eigenvalue weighted by molar-refractivity contribution is 8.03. The maximum absolute atomic E-state index is 6.07. The van der Waals surface area contributed by atoms with Gasteiger partial charge in [-0.2, -0.15) is 0 Å². The van der Waals surface area contributed by atoms with Crippen molar-refractivity contribution in [2.75, 3.05) is 12.0 Å². The molecule has 0 fully saturated rings. The fourth-order valence-electron chi connectivity index (χ4n) is 1.01. The van der Waals surface area contributed by atoms with Gasteiger partial charge < -0.3 is 5.73 Å². The van der Waals surface area contributed by atoms with Crippen LogP contribution in [0.1, 0.15) is 0 Å². The Labute approximate surface area is 111 Å². The molecule has 3 nitrogen and oxygen atoms in total. The minimum atomic E-state index is 0.644. The molecule has 0 bridgehead atoms. The van der Waals surface area contributed by atoms with Crippen LogP contribution in [0.25, 0.3) is 0 Å². The van der Waals surface area contributed by atoms with E-state index in [0.29, 0.717) is 10.7 Å². The third-order valence-corrected chi connectivity index (χ3v) is 5.17. The van der Waals surface area contributed by atoms with Gasteiger partial charge in [-0.05, 0) is 24.5 Å². The van der Waals surface area contributed by atoms with Crippen LogP contribution in [0.3, 0.4) is 0 Å². The van der Waals surface area contributed by atoms with Gasteiger partial charge in [-0.15, -0.1) is 10.2 Å². The number of nitrogen functional groups attached to an aromatic ring is 1. The first-order valence-corrected chi connectivity index (χ1v) is 7.53. The van der Waals surface area contributed by atoms with Crippen LogP contribution in [0, 0.1) is 0 Å². The maximum atomic E-state index is 6.07. The average Bonchev–Trinajstić information content (AvgIpc) is 2.70. The van der Waals surface area contributed by atoms with Gasteiger partial charge >= 0.3 is 0 Å². The van der Waals surface area contributed by atoms with Crippen LogP contribution in [0.15, 0.2) is 31.8 Å². The number of anilines is 1. The number of thioether (sulfide) groups is 1.